The summed E-state index contributed by atoms with van der Waals surface area (Å²) < 4.78 is 31.9. The van der Waals surface area contributed by atoms with Crippen LogP contribution in [0.15, 0.2) is 52.9 Å². The van der Waals surface area contributed by atoms with Crippen molar-refractivity contribution in [3.05, 3.63) is 65.5 Å². The Morgan fingerprint density at radius 3 is 2.46 bits per heavy atom. The second-order valence-corrected chi connectivity index (χ2v) is 10.9. The molecule has 10 heteroatoms. The van der Waals surface area contributed by atoms with E-state index in [4.69, 9.17) is 10.2 Å². The zero-order valence-electron chi connectivity index (χ0n) is 20.8. The molecular formula is C25H33N5O4S. The van der Waals surface area contributed by atoms with E-state index >= 15 is 0 Å². The molecule has 0 aliphatic heterocycles. The van der Waals surface area contributed by atoms with E-state index in [1.165, 1.54) is 4.31 Å². The molecule has 0 aliphatic rings. The number of amides is 1. The zero-order valence-corrected chi connectivity index (χ0v) is 21.6. The van der Waals surface area contributed by atoms with Gasteiger partial charge in [0.1, 0.15) is 0 Å². The maximum atomic E-state index is 12.9. The normalized spacial score (nSPS) is 14.2. The maximum Gasteiger partial charge on any atom is 0.251 e. The molecule has 1 amide bonds. The summed E-state index contributed by atoms with van der Waals surface area (Å²) in [6, 6.07) is 14.5. The molecule has 2 aromatic carbocycles. The van der Waals surface area contributed by atoms with Crippen molar-refractivity contribution < 1.29 is 17.6 Å². The third kappa shape index (κ3) is 6.46. The van der Waals surface area contributed by atoms with Crippen molar-refractivity contribution >= 4 is 21.6 Å². The van der Waals surface area contributed by atoms with Gasteiger partial charge in [-0.25, -0.2) is 8.42 Å². The van der Waals surface area contributed by atoms with Crippen LogP contribution in [0, 0.1) is 0 Å². The highest BCUT2D eigenvalue weighted by atomic mass is 32.2. The van der Waals surface area contributed by atoms with Gasteiger partial charge in [0, 0.05) is 23.7 Å². The summed E-state index contributed by atoms with van der Waals surface area (Å²) in [7, 11) is -3.57. The number of anilines is 1. The van der Waals surface area contributed by atoms with E-state index in [-0.39, 0.29) is 30.3 Å². The lowest BCUT2D eigenvalue weighted by atomic mass is 9.94. The third-order valence-electron chi connectivity index (χ3n) is 5.72. The van der Waals surface area contributed by atoms with Gasteiger partial charge in [0.2, 0.25) is 21.8 Å². The fourth-order valence-corrected chi connectivity index (χ4v) is 4.65. The van der Waals surface area contributed by atoms with Crippen LogP contribution in [-0.4, -0.2) is 43.4 Å². The Morgan fingerprint density at radius 2 is 1.86 bits per heavy atom. The number of rotatable bonds is 10. The minimum atomic E-state index is -3.57. The predicted octanol–water partition coefficient (Wildman–Crippen LogP) is 3.47. The molecule has 1 heterocycles. The second kappa shape index (κ2) is 10.6. The summed E-state index contributed by atoms with van der Waals surface area (Å²) in [6.45, 7) is 7.59. The van der Waals surface area contributed by atoms with Gasteiger partial charge < -0.3 is 15.5 Å². The van der Waals surface area contributed by atoms with E-state index in [0.29, 0.717) is 23.2 Å². The van der Waals surface area contributed by atoms with Gasteiger partial charge in [0.15, 0.2) is 0 Å². The highest BCUT2D eigenvalue weighted by Gasteiger charge is 2.29. The number of hydrogen-bond acceptors (Lipinski definition) is 7. The molecule has 1 aromatic heterocycles. The number of nitrogens with zero attached hydrogens (tertiary/aromatic N) is 3. The Balaban J connectivity index is 2.03. The fraction of sp³-hybridized carbons (Fsp3) is 0.400. The molecule has 2 atom stereocenters. The molecule has 9 nitrogen and oxygen atoms in total. The van der Waals surface area contributed by atoms with Gasteiger partial charge in [0.05, 0.1) is 17.5 Å². The molecule has 0 saturated carbocycles. The minimum absolute atomic E-state index is 0.0438. The van der Waals surface area contributed by atoms with Crippen molar-refractivity contribution in [1.82, 2.24) is 15.5 Å². The number of benzene rings is 2. The van der Waals surface area contributed by atoms with Crippen LogP contribution < -0.4 is 15.4 Å². The first-order chi connectivity index (χ1) is 16.4. The first-order valence-corrected chi connectivity index (χ1v) is 13.4. The number of nitrogens with two attached hydrogens (primary N) is 1. The van der Waals surface area contributed by atoms with Gasteiger partial charge in [0.25, 0.3) is 5.91 Å². The predicted molar refractivity (Wildman–Crippen MR) is 137 cm³/mol. The Morgan fingerprint density at radius 1 is 1.17 bits per heavy atom. The number of carbonyl (C=O) groups is 1. The minimum Gasteiger partial charge on any atom is -0.419 e. The van der Waals surface area contributed by atoms with Crippen LogP contribution >= 0.6 is 0 Å². The molecule has 0 radical (unpaired) electrons. The second-order valence-electron chi connectivity index (χ2n) is 8.97. The van der Waals surface area contributed by atoms with Crippen molar-refractivity contribution in [2.45, 2.75) is 52.1 Å². The highest BCUT2D eigenvalue weighted by Crippen LogP contribution is 2.30. The van der Waals surface area contributed by atoms with Crippen molar-refractivity contribution in [3.63, 3.8) is 0 Å². The molecule has 35 heavy (non-hydrogen) atoms. The number of hydrogen-bond donors (Lipinski definition) is 2. The van der Waals surface area contributed by atoms with Crippen LogP contribution in [0.2, 0.25) is 0 Å². The number of carbonyl (C=O) groups excluding carboxylic acids is 1. The first-order valence-electron chi connectivity index (χ1n) is 11.6. The molecule has 0 aliphatic carbocycles. The molecule has 3 N–H and O–H groups in total. The zero-order chi connectivity index (χ0) is 25.8. The molecule has 188 valence electrons. The molecule has 0 saturated heterocycles. The van der Waals surface area contributed by atoms with Gasteiger partial charge in [-0.3, -0.25) is 9.10 Å². The maximum absolute atomic E-state index is 12.9. The lowest BCUT2D eigenvalue weighted by molar-refractivity contribution is 0.0939. The first kappa shape index (κ1) is 26.4. The average Bonchev–Trinajstić information content (AvgIpc) is 3.30. The lowest BCUT2D eigenvalue weighted by Gasteiger charge is -2.22. The SMILES string of the molecule is CCC(C)NC(=O)c1cc(-c2nnc([C@](C)(N)Cc3ccccc3)o2)cc(N(CC)S(C)(=O)=O)c1. The van der Waals surface area contributed by atoms with E-state index in [1.807, 2.05) is 44.2 Å². The Labute approximate surface area is 206 Å². The monoisotopic (exact) mass is 499 g/mol. The van der Waals surface area contributed by atoms with Crippen molar-refractivity contribution in [1.29, 1.82) is 0 Å². The molecule has 0 spiro atoms. The summed E-state index contributed by atoms with van der Waals surface area (Å²) in [5.74, 6) is 0.0658. The smallest absolute Gasteiger partial charge is 0.251 e. The average molecular weight is 500 g/mol. The van der Waals surface area contributed by atoms with Crippen molar-refractivity contribution in [2.24, 2.45) is 5.73 Å². The van der Waals surface area contributed by atoms with Crippen LogP contribution in [0.1, 0.15) is 55.9 Å². The Kier molecular flexibility index (Phi) is 7.97. The summed E-state index contributed by atoms with van der Waals surface area (Å²) >= 11 is 0. The van der Waals surface area contributed by atoms with Crippen molar-refractivity contribution in [2.75, 3.05) is 17.1 Å². The van der Waals surface area contributed by atoms with Gasteiger partial charge >= 0.3 is 0 Å². The fourth-order valence-electron chi connectivity index (χ4n) is 3.69. The molecule has 1 unspecified atom stereocenters. The van der Waals surface area contributed by atoms with Gasteiger partial charge in [-0.1, -0.05) is 37.3 Å². The van der Waals surface area contributed by atoms with E-state index in [1.54, 1.807) is 32.0 Å². The lowest BCUT2D eigenvalue weighted by Crippen LogP contribution is -2.35. The van der Waals surface area contributed by atoms with E-state index in [2.05, 4.69) is 15.5 Å². The number of nitrogens with one attached hydrogen (secondary N) is 1. The van der Waals surface area contributed by atoms with Gasteiger partial charge in [-0.05, 0) is 57.4 Å². The quantitative estimate of drug-likeness (QED) is 0.437. The molecular weight excluding hydrogens is 466 g/mol. The third-order valence-corrected chi connectivity index (χ3v) is 6.99. The topological polar surface area (TPSA) is 131 Å². The van der Waals surface area contributed by atoms with Gasteiger partial charge in [-0.2, -0.15) is 0 Å². The van der Waals surface area contributed by atoms with Crippen LogP contribution in [-0.2, 0) is 22.0 Å². The molecule has 0 bridgehead atoms. The highest BCUT2D eigenvalue weighted by molar-refractivity contribution is 7.92. The van der Waals surface area contributed by atoms with E-state index in [9.17, 15) is 13.2 Å². The van der Waals surface area contributed by atoms with Crippen molar-refractivity contribution in [3.8, 4) is 11.5 Å². The number of sulfonamides is 1. The largest absolute Gasteiger partial charge is 0.419 e. The van der Waals surface area contributed by atoms with Gasteiger partial charge in [-0.15, -0.1) is 10.2 Å². The Hall–Kier alpha value is -3.24. The van der Waals surface area contributed by atoms with Crippen LogP contribution in [0.5, 0.6) is 0 Å². The molecule has 0 fully saturated rings. The van der Waals surface area contributed by atoms with E-state index < -0.39 is 15.6 Å². The summed E-state index contributed by atoms with van der Waals surface area (Å²) in [5, 5.41) is 11.2. The molecule has 3 rings (SSSR count). The van der Waals surface area contributed by atoms with Crippen LogP contribution in [0.3, 0.4) is 0 Å². The Bertz CT molecular complexity index is 1270. The number of aromatic nitrogens is 2. The molecule has 3 aromatic rings. The summed E-state index contributed by atoms with van der Waals surface area (Å²) in [5.41, 5.74) is 7.66. The summed E-state index contributed by atoms with van der Waals surface area (Å²) in [6.07, 6.45) is 2.36. The van der Waals surface area contributed by atoms with E-state index in [0.717, 1.165) is 18.2 Å². The summed E-state index contributed by atoms with van der Waals surface area (Å²) in [4.78, 5) is 12.9. The van der Waals surface area contributed by atoms with Crippen LogP contribution in [0.4, 0.5) is 5.69 Å². The standard InChI is InChI=1S/C25H33N5O4S/c1-6-17(3)27-22(31)19-13-20(15-21(14-19)30(7-2)35(5,32)33)23-28-29-24(34-23)25(4,26)16-18-11-9-8-10-12-18/h8-15,17H,6-7,16,26H2,1-5H3,(H,27,31)/t17?,25-/m1/s1. The van der Waals surface area contributed by atoms with Crippen LogP contribution in [0.25, 0.3) is 11.5 Å².